The minimum atomic E-state index is 1.03. The van der Waals surface area contributed by atoms with Gasteiger partial charge >= 0.3 is 0 Å². The van der Waals surface area contributed by atoms with Crippen LogP contribution in [0.15, 0.2) is 0 Å². The van der Waals surface area contributed by atoms with Crippen LogP contribution in [0.1, 0.15) is 33.1 Å². The molecular weight excluding hydrogens is 96.1 g/mol. The molecule has 0 heteroatoms. The van der Waals surface area contributed by atoms with E-state index in [-0.39, 0.29) is 0 Å². The third-order valence-corrected chi connectivity index (χ3v) is 0.939. The van der Waals surface area contributed by atoms with Crippen LogP contribution in [0.4, 0.5) is 0 Å². The summed E-state index contributed by atoms with van der Waals surface area (Å²) < 4.78 is 0. The third-order valence-electron chi connectivity index (χ3n) is 0.939. The summed E-state index contributed by atoms with van der Waals surface area (Å²) in [5, 5.41) is 0. The summed E-state index contributed by atoms with van der Waals surface area (Å²) in [4.78, 5) is 0. The Balaban J connectivity index is 2.79. The second-order valence-corrected chi connectivity index (χ2v) is 1.66. The van der Waals surface area contributed by atoms with Crippen LogP contribution >= 0.6 is 0 Å². The number of unbranched alkanes of at least 4 members (excludes halogenated alkanes) is 3. The van der Waals surface area contributed by atoms with Crippen molar-refractivity contribution < 1.29 is 0 Å². The van der Waals surface area contributed by atoms with Gasteiger partial charge < -0.3 is 0 Å². The molecule has 0 spiro atoms. The van der Waals surface area contributed by atoms with Gasteiger partial charge in [-0.1, -0.05) is 13.3 Å². The van der Waals surface area contributed by atoms with Gasteiger partial charge in [0.05, 0.1) is 0 Å². The third kappa shape index (κ3) is 5.56. The Morgan fingerprint density at radius 3 is 2.75 bits per heavy atom. The van der Waals surface area contributed by atoms with Crippen molar-refractivity contribution in [2.75, 3.05) is 0 Å². The molecule has 0 aromatic rings. The first-order valence-electron chi connectivity index (χ1n) is 3.13. The lowest BCUT2D eigenvalue weighted by Gasteiger charge is -1.86. The van der Waals surface area contributed by atoms with Crippen molar-refractivity contribution >= 4 is 0 Å². The summed E-state index contributed by atoms with van der Waals surface area (Å²) in [5.74, 6) is 5.86. The van der Waals surface area contributed by atoms with Crippen molar-refractivity contribution in [3.05, 3.63) is 6.42 Å². The van der Waals surface area contributed by atoms with E-state index in [0.717, 1.165) is 12.8 Å². The van der Waals surface area contributed by atoms with Crippen LogP contribution in [-0.4, -0.2) is 0 Å². The molecule has 1 radical (unpaired) electrons. The molecule has 0 nitrogen and oxygen atoms in total. The molecule has 0 amide bonds. The van der Waals surface area contributed by atoms with Gasteiger partial charge in [0, 0.05) is 6.42 Å². The van der Waals surface area contributed by atoms with E-state index in [2.05, 4.69) is 25.2 Å². The van der Waals surface area contributed by atoms with E-state index in [1.807, 2.05) is 6.92 Å². The summed E-state index contributed by atoms with van der Waals surface area (Å²) in [6, 6.07) is 0. The minimum Gasteiger partial charge on any atom is -0.107 e. The number of hydrogen-bond donors (Lipinski definition) is 0. The highest BCUT2D eigenvalue weighted by Crippen LogP contribution is 1.94. The Morgan fingerprint density at radius 1 is 1.50 bits per heavy atom. The van der Waals surface area contributed by atoms with E-state index in [9.17, 15) is 0 Å². The van der Waals surface area contributed by atoms with Crippen molar-refractivity contribution in [2.45, 2.75) is 33.1 Å². The molecule has 0 rings (SSSR count). The largest absolute Gasteiger partial charge is 0.107 e. The summed E-state index contributed by atoms with van der Waals surface area (Å²) in [5.41, 5.74) is 0. The maximum atomic E-state index is 3.00. The van der Waals surface area contributed by atoms with Gasteiger partial charge in [0.15, 0.2) is 0 Å². The van der Waals surface area contributed by atoms with Crippen LogP contribution in [0, 0.1) is 18.3 Å². The fourth-order valence-electron chi connectivity index (χ4n) is 0.503. The Morgan fingerprint density at radius 2 is 2.25 bits per heavy atom. The maximum Gasteiger partial charge on any atom is 0.00913 e. The van der Waals surface area contributed by atoms with Crippen molar-refractivity contribution in [3.63, 3.8) is 0 Å². The van der Waals surface area contributed by atoms with Gasteiger partial charge in [0.25, 0.3) is 0 Å². The zero-order valence-corrected chi connectivity index (χ0v) is 5.70. The van der Waals surface area contributed by atoms with Crippen LogP contribution in [-0.2, 0) is 0 Å². The van der Waals surface area contributed by atoms with Gasteiger partial charge in [-0.2, -0.15) is 0 Å². The highest BCUT2D eigenvalue weighted by molar-refractivity contribution is 4.95. The molecule has 0 saturated carbocycles. The van der Waals surface area contributed by atoms with Crippen molar-refractivity contribution in [1.29, 1.82) is 0 Å². The second-order valence-electron chi connectivity index (χ2n) is 1.66. The molecule has 0 atom stereocenters. The van der Waals surface area contributed by atoms with Crippen LogP contribution in [0.25, 0.3) is 0 Å². The van der Waals surface area contributed by atoms with Gasteiger partial charge in [-0.3, -0.25) is 0 Å². The predicted molar refractivity (Wildman–Crippen MR) is 37.3 cm³/mol. The van der Waals surface area contributed by atoms with Gasteiger partial charge in [0.1, 0.15) is 0 Å². The fourth-order valence-corrected chi connectivity index (χ4v) is 0.503. The first-order valence-corrected chi connectivity index (χ1v) is 3.13. The van der Waals surface area contributed by atoms with Crippen molar-refractivity contribution in [3.8, 4) is 11.8 Å². The van der Waals surface area contributed by atoms with Crippen molar-refractivity contribution in [2.24, 2.45) is 0 Å². The molecule has 0 heterocycles. The van der Waals surface area contributed by atoms with E-state index in [1.165, 1.54) is 6.42 Å². The lowest BCUT2D eigenvalue weighted by Crippen LogP contribution is -1.70. The molecule has 0 unspecified atom stereocenters. The summed E-state index contributed by atoms with van der Waals surface area (Å²) in [6.07, 6.45) is 5.61. The van der Waals surface area contributed by atoms with Crippen LogP contribution in [0.3, 0.4) is 0 Å². The Hall–Kier alpha value is -0.440. The fraction of sp³-hybridized carbons (Fsp3) is 0.625. The highest BCUT2D eigenvalue weighted by atomic mass is 13.8. The molecule has 8 heavy (non-hydrogen) atoms. The Bertz CT molecular complexity index is 81.9. The maximum absolute atomic E-state index is 3.00. The molecule has 0 aliphatic carbocycles. The van der Waals surface area contributed by atoms with Gasteiger partial charge in [-0.15, -0.1) is 11.8 Å². The average molecular weight is 109 g/mol. The van der Waals surface area contributed by atoms with Crippen LogP contribution in [0.5, 0.6) is 0 Å². The first-order chi connectivity index (χ1) is 3.91. The van der Waals surface area contributed by atoms with E-state index >= 15 is 0 Å². The smallest absolute Gasteiger partial charge is 0.00913 e. The highest BCUT2D eigenvalue weighted by Gasteiger charge is 1.78. The molecule has 45 valence electrons. The molecule has 0 saturated heterocycles. The van der Waals surface area contributed by atoms with E-state index in [4.69, 9.17) is 0 Å². The minimum absolute atomic E-state index is 1.03. The summed E-state index contributed by atoms with van der Waals surface area (Å²) in [7, 11) is 0. The number of hydrogen-bond acceptors (Lipinski definition) is 0. The molecule has 0 aliphatic heterocycles. The quantitative estimate of drug-likeness (QED) is 0.385. The Labute approximate surface area is 52.3 Å². The zero-order valence-electron chi connectivity index (χ0n) is 5.70. The van der Waals surface area contributed by atoms with Gasteiger partial charge in [-0.25, -0.2) is 0 Å². The standard InChI is InChI=1S/C8H13/c1-3-5-7-8-6-4-2/h5H,3,7-8H2,1-2H3. The number of rotatable bonds is 3. The molecule has 0 N–H and O–H groups in total. The molecule has 0 bridgehead atoms. The summed E-state index contributed by atoms with van der Waals surface area (Å²) >= 11 is 0. The first kappa shape index (κ1) is 7.56. The SMILES string of the molecule is CC#CCC[CH]CC. The Kier molecular flexibility index (Phi) is 6.20. The second kappa shape index (κ2) is 6.56. The van der Waals surface area contributed by atoms with E-state index < -0.39 is 0 Å². The molecule has 0 fully saturated rings. The zero-order chi connectivity index (χ0) is 6.24. The van der Waals surface area contributed by atoms with E-state index in [1.54, 1.807) is 0 Å². The molecule has 0 aliphatic rings. The lowest BCUT2D eigenvalue weighted by atomic mass is 10.2. The van der Waals surface area contributed by atoms with E-state index in [0.29, 0.717) is 0 Å². The topological polar surface area (TPSA) is 0 Å². The van der Waals surface area contributed by atoms with Crippen LogP contribution in [0.2, 0.25) is 0 Å². The van der Waals surface area contributed by atoms with Gasteiger partial charge in [-0.05, 0) is 19.8 Å². The van der Waals surface area contributed by atoms with Crippen molar-refractivity contribution in [1.82, 2.24) is 0 Å². The lowest BCUT2D eigenvalue weighted by molar-refractivity contribution is 0.916. The van der Waals surface area contributed by atoms with Crippen LogP contribution < -0.4 is 0 Å². The summed E-state index contributed by atoms with van der Waals surface area (Å²) in [6.45, 7) is 4.03. The molecule has 0 aromatic carbocycles. The van der Waals surface area contributed by atoms with Gasteiger partial charge in [0.2, 0.25) is 0 Å². The normalized spacial score (nSPS) is 7.75. The molecule has 0 aromatic heterocycles. The molecular formula is C8H13. The monoisotopic (exact) mass is 109 g/mol. The predicted octanol–water partition coefficient (Wildman–Crippen LogP) is 2.40. The average Bonchev–Trinajstić information content (AvgIpc) is 1.81.